The average Bonchev–Trinajstić information content (AvgIpc) is 2.83. The van der Waals surface area contributed by atoms with Gasteiger partial charge in [0, 0.05) is 36.7 Å². The smallest absolute Gasteiger partial charge is 0.251 e. The number of benzene rings is 3. The standard InChI is InChI=1S/C25H27N3O4/c1-31-14-15-32-23-9-5-8-22(16-23)26-18-24(29)28-21-12-10-20(11-13-21)25(30)27-17-19-6-3-2-4-7-19/h2-13,16,26H,14-15,17-18H2,1H3,(H,27,30)(H,28,29). The van der Waals surface area contributed by atoms with Gasteiger partial charge in [-0.05, 0) is 42.0 Å². The van der Waals surface area contributed by atoms with Gasteiger partial charge in [-0.2, -0.15) is 0 Å². The second-order valence-electron chi connectivity index (χ2n) is 7.02. The molecule has 0 aliphatic heterocycles. The molecular formula is C25H27N3O4. The van der Waals surface area contributed by atoms with Crippen LogP contribution in [0.5, 0.6) is 5.75 Å². The molecule has 0 heterocycles. The molecule has 0 saturated heterocycles. The lowest BCUT2D eigenvalue weighted by Gasteiger charge is -2.11. The first-order valence-corrected chi connectivity index (χ1v) is 10.3. The van der Waals surface area contributed by atoms with E-state index in [0.29, 0.717) is 36.8 Å². The normalized spacial score (nSPS) is 10.3. The van der Waals surface area contributed by atoms with E-state index in [0.717, 1.165) is 11.3 Å². The fraction of sp³-hybridized carbons (Fsp3) is 0.200. The van der Waals surface area contributed by atoms with Gasteiger partial charge in [0.05, 0.1) is 13.2 Å². The molecule has 2 amide bonds. The second-order valence-corrected chi connectivity index (χ2v) is 7.02. The number of rotatable bonds is 11. The van der Waals surface area contributed by atoms with Crippen LogP contribution in [-0.4, -0.2) is 38.7 Å². The molecule has 0 radical (unpaired) electrons. The topological polar surface area (TPSA) is 88.7 Å². The summed E-state index contributed by atoms with van der Waals surface area (Å²) in [6, 6.07) is 23.9. The zero-order valence-corrected chi connectivity index (χ0v) is 18.0. The van der Waals surface area contributed by atoms with Crippen LogP contribution in [-0.2, 0) is 16.1 Å². The fourth-order valence-corrected chi connectivity index (χ4v) is 2.91. The Morgan fingerprint density at radius 3 is 2.38 bits per heavy atom. The Bertz CT molecular complexity index is 1010. The van der Waals surface area contributed by atoms with Gasteiger partial charge < -0.3 is 25.4 Å². The molecular weight excluding hydrogens is 406 g/mol. The van der Waals surface area contributed by atoms with Gasteiger partial charge in [-0.25, -0.2) is 0 Å². The highest BCUT2D eigenvalue weighted by Gasteiger charge is 2.07. The summed E-state index contributed by atoms with van der Waals surface area (Å²) >= 11 is 0. The molecule has 0 atom stereocenters. The van der Waals surface area contributed by atoms with Crippen molar-refractivity contribution < 1.29 is 19.1 Å². The van der Waals surface area contributed by atoms with Crippen molar-refractivity contribution in [2.45, 2.75) is 6.54 Å². The monoisotopic (exact) mass is 433 g/mol. The first-order valence-electron chi connectivity index (χ1n) is 10.3. The number of hydrogen-bond donors (Lipinski definition) is 3. The molecule has 32 heavy (non-hydrogen) atoms. The Balaban J connectivity index is 1.44. The summed E-state index contributed by atoms with van der Waals surface area (Å²) in [4.78, 5) is 24.6. The summed E-state index contributed by atoms with van der Waals surface area (Å²) in [5.74, 6) is 0.339. The van der Waals surface area contributed by atoms with Crippen LogP contribution >= 0.6 is 0 Å². The molecule has 3 aromatic carbocycles. The van der Waals surface area contributed by atoms with Crippen LogP contribution < -0.4 is 20.7 Å². The third kappa shape index (κ3) is 7.45. The largest absolute Gasteiger partial charge is 0.491 e. The van der Waals surface area contributed by atoms with Crippen LogP contribution in [0, 0.1) is 0 Å². The van der Waals surface area contributed by atoms with Crippen molar-refractivity contribution in [3.63, 3.8) is 0 Å². The Morgan fingerprint density at radius 1 is 0.844 bits per heavy atom. The molecule has 3 rings (SSSR count). The van der Waals surface area contributed by atoms with Gasteiger partial charge in [0.1, 0.15) is 12.4 Å². The van der Waals surface area contributed by atoms with E-state index in [4.69, 9.17) is 9.47 Å². The van der Waals surface area contributed by atoms with Crippen LogP contribution in [0.15, 0.2) is 78.9 Å². The first-order chi connectivity index (χ1) is 15.6. The van der Waals surface area contributed by atoms with Crippen molar-refractivity contribution in [2.24, 2.45) is 0 Å². The van der Waals surface area contributed by atoms with Crippen molar-refractivity contribution in [3.8, 4) is 5.75 Å². The number of nitrogens with one attached hydrogen (secondary N) is 3. The lowest BCUT2D eigenvalue weighted by atomic mass is 10.1. The molecule has 7 nitrogen and oxygen atoms in total. The lowest BCUT2D eigenvalue weighted by Crippen LogP contribution is -2.23. The van der Waals surface area contributed by atoms with E-state index >= 15 is 0 Å². The van der Waals surface area contributed by atoms with Crippen molar-refractivity contribution in [1.29, 1.82) is 0 Å². The maximum Gasteiger partial charge on any atom is 0.251 e. The van der Waals surface area contributed by atoms with Gasteiger partial charge in [0.2, 0.25) is 5.91 Å². The molecule has 0 aliphatic carbocycles. The Labute approximate surface area is 187 Å². The average molecular weight is 434 g/mol. The van der Waals surface area contributed by atoms with Gasteiger partial charge in [-0.3, -0.25) is 9.59 Å². The molecule has 3 aromatic rings. The Morgan fingerprint density at radius 2 is 1.62 bits per heavy atom. The third-order valence-corrected chi connectivity index (χ3v) is 4.57. The second kappa shape index (κ2) is 12.1. The number of anilines is 2. The van der Waals surface area contributed by atoms with E-state index in [1.54, 1.807) is 31.4 Å². The van der Waals surface area contributed by atoms with Crippen molar-refractivity contribution >= 4 is 23.2 Å². The van der Waals surface area contributed by atoms with Gasteiger partial charge in [0.25, 0.3) is 5.91 Å². The first kappa shape index (κ1) is 22.8. The van der Waals surface area contributed by atoms with Crippen LogP contribution in [0.25, 0.3) is 0 Å². The maximum atomic E-state index is 12.3. The van der Waals surface area contributed by atoms with E-state index in [1.807, 2.05) is 54.6 Å². The number of ether oxygens (including phenoxy) is 2. The zero-order valence-electron chi connectivity index (χ0n) is 18.0. The lowest BCUT2D eigenvalue weighted by molar-refractivity contribution is -0.114. The highest BCUT2D eigenvalue weighted by Crippen LogP contribution is 2.17. The summed E-state index contributed by atoms with van der Waals surface area (Å²) < 4.78 is 10.5. The minimum atomic E-state index is -0.197. The minimum absolute atomic E-state index is 0.0981. The van der Waals surface area contributed by atoms with Crippen molar-refractivity contribution in [3.05, 3.63) is 90.0 Å². The maximum absolute atomic E-state index is 12.3. The molecule has 166 valence electrons. The number of hydrogen-bond acceptors (Lipinski definition) is 5. The quantitative estimate of drug-likeness (QED) is 0.402. The van der Waals surface area contributed by atoms with Gasteiger partial charge in [-0.1, -0.05) is 36.4 Å². The molecule has 0 aromatic heterocycles. The van der Waals surface area contributed by atoms with E-state index in [1.165, 1.54) is 0 Å². The molecule has 0 bridgehead atoms. The van der Waals surface area contributed by atoms with E-state index < -0.39 is 0 Å². The van der Waals surface area contributed by atoms with E-state index in [-0.39, 0.29) is 18.4 Å². The zero-order chi connectivity index (χ0) is 22.6. The minimum Gasteiger partial charge on any atom is -0.491 e. The highest BCUT2D eigenvalue weighted by atomic mass is 16.5. The summed E-state index contributed by atoms with van der Waals surface area (Å²) in [6.45, 7) is 1.53. The summed E-state index contributed by atoms with van der Waals surface area (Å²) in [5.41, 5.74) is 2.96. The third-order valence-electron chi connectivity index (χ3n) is 4.57. The van der Waals surface area contributed by atoms with Crippen LogP contribution in [0.2, 0.25) is 0 Å². The molecule has 0 spiro atoms. The Hall–Kier alpha value is -3.84. The van der Waals surface area contributed by atoms with Gasteiger partial charge in [-0.15, -0.1) is 0 Å². The molecule has 0 unspecified atom stereocenters. The molecule has 3 N–H and O–H groups in total. The van der Waals surface area contributed by atoms with Gasteiger partial charge >= 0.3 is 0 Å². The van der Waals surface area contributed by atoms with Crippen LogP contribution in [0.4, 0.5) is 11.4 Å². The number of carbonyl (C=O) groups excluding carboxylic acids is 2. The summed E-state index contributed by atoms with van der Waals surface area (Å²) in [5, 5.41) is 8.76. The van der Waals surface area contributed by atoms with Crippen molar-refractivity contribution in [2.75, 3.05) is 37.5 Å². The number of carbonyl (C=O) groups is 2. The molecule has 0 aliphatic rings. The SMILES string of the molecule is COCCOc1cccc(NCC(=O)Nc2ccc(C(=O)NCc3ccccc3)cc2)c1. The number of amides is 2. The Kier molecular flexibility index (Phi) is 8.65. The van der Waals surface area contributed by atoms with Gasteiger partial charge in [0.15, 0.2) is 0 Å². The highest BCUT2D eigenvalue weighted by molar-refractivity contribution is 5.96. The van der Waals surface area contributed by atoms with E-state index in [9.17, 15) is 9.59 Å². The molecule has 7 heteroatoms. The van der Waals surface area contributed by atoms with Crippen molar-refractivity contribution in [1.82, 2.24) is 5.32 Å². The molecule has 0 saturated carbocycles. The number of methoxy groups -OCH3 is 1. The fourth-order valence-electron chi connectivity index (χ4n) is 2.91. The van der Waals surface area contributed by atoms with Crippen LogP contribution in [0.1, 0.15) is 15.9 Å². The predicted octanol–water partition coefficient (Wildman–Crippen LogP) is 3.69. The van der Waals surface area contributed by atoms with Crippen LogP contribution in [0.3, 0.4) is 0 Å². The van der Waals surface area contributed by atoms with E-state index in [2.05, 4.69) is 16.0 Å². The summed E-state index contributed by atoms with van der Waals surface area (Å²) in [6.07, 6.45) is 0. The predicted molar refractivity (Wildman–Crippen MR) is 125 cm³/mol. The summed E-state index contributed by atoms with van der Waals surface area (Å²) in [7, 11) is 1.62. The molecule has 0 fully saturated rings.